The van der Waals surface area contributed by atoms with Crippen LogP contribution in [0.15, 0.2) is 35.9 Å². The van der Waals surface area contributed by atoms with E-state index >= 15 is 0 Å². The van der Waals surface area contributed by atoms with Crippen molar-refractivity contribution in [1.82, 2.24) is 0 Å². The number of halogens is 1. The van der Waals surface area contributed by atoms with Gasteiger partial charge in [-0.05, 0) is 18.6 Å². The van der Waals surface area contributed by atoms with Crippen molar-refractivity contribution in [2.24, 2.45) is 5.73 Å². The molecule has 0 aliphatic carbocycles. The van der Waals surface area contributed by atoms with Gasteiger partial charge in [0.15, 0.2) is 6.10 Å². The Morgan fingerprint density at radius 3 is 2.52 bits per heavy atom. The minimum atomic E-state index is -3.85. The van der Waals surface area contributed by atoms with Crippen molar-refractivity contribution >= 4 is 27.5 Å². The highest BCUT2D eigenvalue weighted by atomic mass is 35.5. The van der Waals surface area contributed by atoms with Gasteiger partial charge in [-0.3, -0.25) is 4.79 Å². The Morgan fingerprint density at radius 2 is 1.95 bits per heavy atom. The smallest absolute Gasteiger partial charge is 0.309 e. The van der Waals surface area contributed by atoms with E-state index in [0.29, 0.717) is 17.0 Å². The number of ether oxygens (including phenoxy) is 1. The van der Waals surface area contributed by atoms with Crippen LogP contribution in [0.5, 0.6) is 0 Å². The van der Waals surface area contributed by atoms with Crippen molar-refractivity contribution in [1.29, 1.82) is 0 Å². The van der Waals surface area contributed by atoms with Gasteiger partial charge in [0.05, 0.1) is 5.75 Å². The second-order valence-corrected chi connectivity index (χ2v) is 6.58. The van der Waals surface area contributed by atoms with Crippen molar-refractivity contribution in [3.05, 3.63) is 46.5 Å². The number of ketones is 1. The molecule has 1 atom stereocenters. The van der Waals surface area contributed by atoms with Crippen LogP contribution >= 0.6 is 11.6 Å². The lowest BCUT2D eigenvalue weighted by atomic mass is 10.1. The molecule has 0 bridgehead atoms. The molecular weight excluding hydrogens is 318 g/mol. The van der Waals surface area contributed by atoms with Gasteiger partial charge in [-0.1, -0.05) is 30.7 Å². The Balaban J connectivity index is 2.21. The number of hydrogen-bond donors (Lipinski definition) is 1. The zero-order chi connectivity index (χ0) is 15.6. The Labute approximate surface area is 127 Å². The molecule has 0 aromatic heterocycles. The number of nitrogens with two attached hydrogens (primary N) is 1. The minimum absolute atomic E-state index is 0.206. The van der Waals surface area contributed by atoms with E-state index in [1.807, 2.05) is 0 Å². The number of carbonyl (C=O) groups is 1. The van der Waals surface area contributed by atoms with Gasteiger partial charge in [-0.15, -0.1) is 0 Å². The van der Waals surface area contributed by atoms with Gasteiger partial charge in [-0.2, -0.15) is 8.42 Å². The van der Waals surface area contributed by atoms with E-state index in [1.165, 1.54) is 0 Å². The van der Waals surface area contributed by atoms with Gasteiger partial charge in [0.2, 0.25) is 17.4 Å². The molecule has 1 aromatic carbocycles. The monoisotopic (exact) mass is 331 g/mol. The largest absolute Gasteiger partial charge is 0.460 e. The third-order valence-corrected chi connectivity index (χ3v) is 4.35. The van der Waals surface area contributed by atoms with Crippen LogP contribution in [0.4, 0.5) is 0 Å². The van der Waals surface area contributed by atoms with Crippen molar-refractivity contribution in [2.45, 2.75) is 19.4 Å². The lowest BCUT2D eigenvalue weighted by Crippen LogP contribution is -2.16. The molecule has 0 spiro atoms. The first-order valence-electron chi connectivity index (χ1n) is 6.22. The summed E-state index contributed by atoms with van der Waals surface area (Å²) in [6, 6.07) is 6.39. The van der Waals surface area contributed by atoms with E-state index in [0.717, 1.165) is 0 Å². The summed E-state index contributed by atoms with van der Waals surface area (Å²) in [5, 5.41) is 0.507. The normalized spacial score (nSPS) is 18.8. The van der Waals surface area contributed by atoms with E-state index in [2.05, 4.69) is 0 Å². The molecule has 1 unspecified atom stereocenters. The zero-order valence-electron chi connectivity index (χ0n) is 11.2. The summed E-state index contributed by atoms with van der Waals surface area (Å²) in [7, 11) is -3.85. The molecule has 114 valence electrons. The number of rotatable bonds is 5. The number of Topliss-reactive ketones (excluding diaryl/α,β-unsaturated/α-hetero) is 1. The quantitative estimate of drug-likeness (QED) is 0.827. The molecule has 1 heterocycles. The fraction of sp³-hybridized carbons (Fsp3) is 0.308. The Bertz CT molecular complexity index is 681. The van der Waals surface area contributed by atoms with E-state index in [-0.39, 0.29) is 11.6 Å². The number of benzene rings is 1. The summed E-state index contributed by atoms with van der Waals surface area (Å²) >= 11 is 5.77. The van der Waals surface area contributed by atoms with Crippen molar-refractivity contribution in [3.8, 4) is 0 Å². The lowest BCUT2D eigenvalue weighted by Gasteiger charge is -2.09. The maximum atomic E-state index is 12.2. The van der Waals surface area contributed by atoms with Crippen molar-refractivity contribution < 1.29 is 22.1 Å². The summed E-state index contributed by atoms with van der Waals surface area (Å²) in [5.74, 6) is -1.64. The van der Waals surface area contributed by atoms with Gasteiger partial charge in [-0.25, -0.2) is 0 Å². The fourth-order valence-electron chi connectivity index (χ4n) is 1.83. The topological polar surface area (TPSA) is 95.7 Å². The third-order valence-electron chi connectivity index (χ3n) is 2.77. The summed E-state index contributed by atoms with van der Waals surface area (Å²) in [6.45, 7) is 1.68. The Hall–Kier alpha value is -1.73. The molecule has 2 N–H and O–H groups in total. The molecule has 0 saturated heterocycles. The standard InChI is InChI=1S/C13H14ClNO5S/c1-2-7-21(17,18)20-12-10(16)11(19-13(12)15)8-3-5-9(14)6-4-8/h3-6,11H,2,7,15H2,1H3. The highest BCUT2D eigenvalue weighted by Gasteiger charge is 2.39. The van der Waals surface area contributed by atoms with Crippen LogP contribution in [0.25, 0.3) is 0 Å². The van der Waals surface area contributed by atoms with E-state index < -0.39 is 27.8 Å². The molecule has 0 saturated carbocycles. The second-order valence-electron chi connectivity index (χ2n) is 4.45. The first-order chi connectivity index (χ1) is 9.84. The van der Waals surface area contributed by atoms with Gasteiger partial charge < -0.3 is 14.7 Å². The average Bonchev–Trinajstić information content (AvgIpc) is 2.67. The molecule has 1 aromatic rings. The van der Waals surface area contributed by atoms with Crippen LogP contribution in [0.1, 0.15) is 25.0 Å². The zero-order valence-corrected chi connectivity index (χ0v) is 12.8. The number of carbonyl (C=O) groups excluding carboxylic acids is 1. The van der Waals surface area contributed by atoms with Crippen LogP contribution in [0, 0.1) is 0 Å². The average molecular weight is 332 g/mol. The molecule has 0 fully saturated rings. The molecule has 6 nitrogen and oxygen atoms in total. The van der Waals surface area contributed by atoms with E-state index in [4.69, 9.17) is 26.3 Å². The van der Waals surface area contributed by atoms with Gasteiger partial charge in [0.25, 0.3) is 0 Å². The van der Waals surface area contributed by atoms with Crippen LogP contribution in [-0.4, -0.2) is 20.0 Å². The SMILES string of the molecule is CCCS(=O)(=O)OC1=C(N)OC(c2ccc(Cl)cc2)C1=O. The fourth-order valence-corrected chi connectivity index (χ4v) is 2.96. The molecule has 8 heteroatoms. The molecule has 1 aliphatic heterocycles. The van der Waals surface area contributed by atoms with Gasteiger partial charge in [0.1, 0.15) is 0 Å². The van der Waals surface area contributed by atoms with Crippen LogP contribution < -0.4 is 5.73 Å². The summed E-state index contributed by atoms with van der Waals surface area (Å²) in [4.78, 5) is 12.2. The van der Waals surface area contributed by atoms with Crippen LogP contribution in [0.2, 0.25) is 5.02 Å². The molecule has 1 aliphatic rings. The van der Waals surface area contributed by atoms with E-state index in [9.17, 15) is 13.2 Å². The summed E-state index contributed by atoms with van der Waals surface area (Å²) in [6.07, 6.45) is -0.653. The van der Waals surface area contributed by atoms with Crippen molar-refractivity contribution in [2.75, 3.05) is 5.75 Å². The molecule has 21 heavy (non-hydrogen) atoms. The summed E-state index contributed by atoms with van der Waals surface area (Å²) < 4.78 is 33.2. The van der Waals surface area contributed by atoms with Crippen LogP contribution in [-0.2, 0) is 23.8 Å². The lowest BCUT2D eigenvalue weighted by molar-refractivity contribution is -0.123. The maximum Gasteiger partial charge on any atom is 0.309 e. The molecule has 0 radical (unpaired) electrons. The predicted octanol–water partition coefficient (Wildman–Crippen LogP) is 1.86. The highest BCUT2D eigenvalue weighted by Crippen LogP contribution is 2.32. The van der Waals surface area contributed by atoms with Crippen molar-refractivity contribution in [3.63, 3.8) is 0 Å². The van der Waals surface area contributed by atoms with E-state index in [1.54, 1.807) is 31.2 Å². The number of hydrogen-bond acceptors (Lipinski definition) is 6. The summed E-state index contributed by atoms with van der Waals surface area (Å²) in [5.41, 5.74) is 6.06. The predicted molar refractivity (Wildman–Crippen MR) is 76.7 cm³/mol. The van der Waals surface area contributed by atoms with Gasteiger partial charge in [0, 0.05) is 10.6 Å². The third kappa shape index (κ3) is 3.48. The maximum absolute atomic E-state index is 12.2. The Morgan fingerprint density at radius 1 is 1.33 bits per heavy atom. The highest BCUT2D eigenvalue weighted by molar-refractivity contribution is 7.86. The molecule has 0 amide bonds. The minimum Gasteiger partial charge on any atom is -0.460 e. The Kier molecular flexibility index (Phi) is 4.43. The molecular formula is C13H14ClNO5S. The second kappa shape index (κ2) is 5.95. The first-order valence-corrected chi connectivity index (χ1v) is 8.18. The van der Waals surface area contributed by atoms with Gasteiger partial charge >= 0.3 is 10.1 Å². The van der Waals surface area contributed by atoms with Crippen LogP contribution in [0.3, 0.4) is 0 Å². The molecule has 2 rings (SSSR count). The first kappa shape index (κ1) is 15.7.